The molecule has 4 rings (SSSR count). The molecule has 2 aromatic heterocycles. The minimum atomic E-state index is -3.64. The van der Waals surface area contributed by atoms with E-state index in [1.807, 2.05) is 31.4 Å². The molecule has 0 amide bonds. The molecule has 1 fully saturated rings. The van der Waals surface area contributed by atoms with Gasteiger partial charge in [0.2, 0.25) is 10.0 Å². The van der Waals surface area contributed by atoms with Crippen LogP contribution in [0, 0.1) is 20.8 Å². The third-order valence-corrected chi connectivity index (χ3v) is 7.50. The zero-order valence-electron chi connectivity index (χ0n) is 18.1. The van der Waals surface area contributed by atoms with E-state index in [-0.39, 0.29) is 4.90 Å². The summed E-state index contributed by atoms with van der Waals surface area (Å²) in [7, 11) is -2.16. The van der Waals surface area contributed by atoms with Gasteiger partial charge in [0.1, 0.15) is 34.4 Å². The molecule has 0 radical (unpaired) electrons. The number of aryl methyl sites for hydroxylation is 2. The summed E-state index contributed by atoms with van der Waals surface area (Å²) in [4.78, 5) is 15.8. The average Bonchev–Trinajstić information content (AvgIpc) is 3.11. The number of nitrogens with zero attached hydrogens (tertiary/aromatic N) is 6. The van der Waals surface area contributed by atoms with Crippen molar-refractivity contribution in [3.8, 4) is 11.6 Å². The van der Waals surface area contributed by atoms with Gasteiger partial charge in [0, 0.05) is 37.9 Å². The first-order chi connectivity index (χ1) is 14.8. The number of imidazole rings is 1. The van der Waals surface area contributed by atoms with Gasteiger partial charge in [-0.1, -0.05) is 12.1 Å². The molecule has 0 unspecified atom stereocenters. The Morgan fingerprint density at radius 3 is 2.29 bits per heavy atom. The molecular formula is C21H26N6O3S. The molecule has 0 bridgehead atoms. The average molecular weight is 443 g/mol. The lowest BCUT2D eigenvalue weighted by atomic mass is 10.3. The zero-order chi connectivity index (χ0) is 22.2. The third-order valence-electron chi connectivity index (χ3n) is 5.56. The Bertz CT molecular complexity index is 1200. The second-order valence-electron chi connectivity index (χ2n) is 7.46. The molecule has 3 aromatic rings. The minimum absolute atomic E-state index is 0.192. The van der Waals surface area contributed by atoms with E-state index in [1.54, 1.807) is 30.6 Å². The highest BCUT2D eigenvalue weighted by Crippen LogP contribution is 2.28. The molecule has 0 spiro atoms. The second kappa shape index (κ2) is 8.27. The Labute approximate surface area is 182 Å². The fourth-order valence-electron chi connectivity index (χ4n) is 3.68. The smallest absolute Gasteiger partial charge is 0.246 e. The number of hydrogen-bond donors (Lipinski definition) is 0. The van der Waals surface area contributed by atoms with Crippen molar-refractivity contribution in [1.82, 2.24) is 23.8 Å². The van der Waals surface area contributed by atoms with Gasteiger partial charge in [-0.25, -0.2) is 23.4 Å². The standard InChI is InChI=1S/C21H26N6O3S/c1-15-16(2)27(14-22-15)21-13-20(23-17(3)24-21)25-9-11-26(12-10-25)31(28,29)19-8-6-5-7-18(19)30-4/h5-8,13-14H,9-12H2,1-4H3. The summed E-state index contributed by atoms with van der Waals surface area (Å²) in [6, 6.07) is 8.63. The highest BCUT2D eigenvalue weighted by Gasteiger charge is 2.31. The van der Waals surface area contributed by atoms with E-state index in [0.717, 1.165) is 23.0 Å². The number of sulfonamides is 1. The lowest BCUT2D eigenvalue weighted by molar-refractivity contribution is 0.373. The summed E-state index contributed by atoms with van der Waals surface area (Å²) < 4.78 is 35.0. The van der Waals surface area contributed by atoms with E-state index in [1.165, 1.54) is 11.4 Å². The van der Waals surface area contributed by atoms with Crippen LogP contribution in [-0.4, -0.2) is 65.5 Å². The van der Waals surface area contributed by atoms with Gasteiger partial charge in [0.25, 0.3) is 0 Å². The predicted octanol–water partition coefficient (Wildman–Crippen LogP) is 2.11. The quantitative estimate of drug-likeness (QED) is 0.597. The van der Waals surface area contributed by atoms with Gasteiger partial charge in [-0.3, -0.25) is 4.57 Å². The number of anilines is 1. The van der Waals surface area contributed by atoms with Crippen LogP contribution in [0.25, 0.3) is 5.82 Å². The normalized spacial score (nSPS) is 15.3. The number of para-hydroxylation sites is 1. The molecule has 164 valence electrons. The number of rotatable bonds is 5. The van der Waals surface area contributed by atoms with Crippen molar-refractivity contribution < 1.29 is 13.2 Å². The van der Waals surface area contributed by atoms with Crippen LogP contribution in [0.15, 0.2) is 41.6 Å². The van der Waals surface area contributed by atoms with Crippen LogP contribution >= 0.6 is 0 Å². The predicted molar refractivity (Wildman–Crippen MR) is 117 cm³/mol. The number of piperazine rings is 1. The molecule has 10 heteroatoms. The molecule has 1 saturated heterocycles. The highest BCUT2D eigenvalue weighted by molar-refractivity contribution is 7.89. The molecule has 9 nitrogen and oxygen atoms in total. The number of aromatic nitrogens is 4. The number of ether oxygens (including phenoxy) is 1. The van der Waals surface area contributed by atoms with Crippen LogP contribution in [0.1, 0.15) is 17.2 Å². The van der Waals surface area contributed by atoms with Gasteiger partial charge in [-0.05, 0) is 32.9 Å². The maximum atomic E-state index is 13.1. The van der Waals surface area contributed by atoms with Crippen LogP contribution in [-0.2, 0) is 10.0 Å². The molecule has 0 atom stereocenters. The van der Waals surface area contributed by atoms with Crippen molar-refractivity contribution in [2.24, 2.45) is 0 Å². The molecule has 1 aliphatic heterocycles. The minimum Gasteiger partial charge on any atom is -0.495 e. The summed E-state index contributed by atoms with van der Waals surface area (Å²) in [6.07, 6.45) is 1.76. The van der Waals surface area contributed by atoms with E-state index in [2.05, 4.69) is 19.9 Å². The van der Waals surface area contributed by atoms with Crippen molar-refractivity contribution >= 4 is 15.8 Å². The molecular weight excluding hydrogens is 416 g/mol. The van der Waals surface area contributed by atoms with E-state index >= 15 is 0 Å². The van der Waals surface area contributed by atoms with Crippen molar-refractivity contribution in [3.05, 3.63) is 53.9 Å². The van der Waals surface area contributed by atoms with Crippen LogP contribution < -0.4 is 9.64 Å². The second-order valence-corrected chi connectivity index (χ2v) is 9.37. The highest BCUT2D eigenvalue weighted by atomic mass is 32.2. The van der Waals surface area contributed by atoms with E-state index in [9.17, 15) is 8.42 Å². The summed E-state index contributed by atoms with van der Waals surface area (Å²) in [5.41, 5.74) is 1.98. The van der Waals surface area contributed by atoms with E-state index in [0.29, 0.717) is 37.8 Å². The fraction of sp³-hybridized carbons (Fsp3) is 0.381. The van der Waals surface area contributed by atoms with Crippen molar-refractivity contribution in [1.29, 1.82) is 0 Å². The molecule has 0 aliphatic carbocycles. The molecule has 3 heterocycles. The lowest BCUT2D eigenvalue weighted by Crippen LogP contribution is -2.49. The topological polar surface area (TPSA) is 93.5 Å². The van der Waals surface area contributed by atoms with Crippen LogP contribution in [0.2, 0.25) is 0 Å². The monoisotopic (exact) mass is 442 g/mol. The van der Waals surface area contributed by atoms with Crippen molar-refractivity contribution in [2.75, 3.05) is 38.2 Å². The Balaban J connectivity index is 1.55. The van der Waals surface area contributed by atoms with Crippen LogP contribution in [0.5, 0.6) is 5.75 Å². The van der Waals surface area contributed by atoms with Gasteiger partial charge >= 0.3 is 0 Å². The van der Waals surface area contributed by atoms with Gasteiger partial charge in [-0.2, -0.15) is 4.31 Å². The summed E-state index contributed by atoms with van der Waals surface area (Å²) in [5.74, 6) is 2.54. The first-order valence-corrected chi connectivity index (χ1v) is 11.5. The molecule has 31 heavy (non-hydrogen) atoms. The summed E-state index contributed by atoms with van der Waals surface area (Å²) >= 11 is 0. The Morgan fingerprint density at radius 2 is 1.65 bits per heavy atom. The number of methoxy groups -OCH3 is 1. The van der Waals surface area contributed by atoms with Crippen molar-refractivity contribution in [3.63, 3.8) is 0 Å². The van der Waals surface area contributed by atoms with Crippen LogP contribution in [0.4, 0.5) is 5.82 Å². The van der Waals surface area contributed by atoms with Gasteiger partial charge in [0.05, 0.1) is 12.8 Å². The Hall–Kier alpha value is -2.98. The number of hydrogen-bond acceptors (Lipinski definition) is 7. The van der Waals surface area contributed by atoms with Gasteiger partial charge in [-0.15, -0.1) is 0 Å². The van der Waals surface area contributed by atoms with E-state index < -0.39 is 10.0 Å². The molecule has 1 aliphatic rings. The van der Waals surface area contributed by atoms with Gasteiger partial charge in [0.15, 0.2) is 0 Å². The Kier molecular flexibility index (Phi) is 5.67. The zero-order valence-corrected chi connectivity index (χ0v) is 18.9. The fourth-order valence-corrected chi connectivity index (χ4v) is 5.26. The first-order valence-electron chi connectivity index (χ1n) is 10.1. The molecule has 0 saturated carbocycles. The SMILES string of the molecule is COc1ccccc1S(=O)(=O)N1CCN(c2cc(-n3cnc(C)c3C)nc(C)n2)CC1. The molecule has 0 N–H and O–H groups in total. The summed E-state index contributed by atoms with van der Waals surface area (Å²) in [5, 5.41) is 0. The maximum Gasteiger partial charge on any atom is 0.246 e. The van der Waals surface area contributed by atoms with Crippen molar-refractivity contribution in [2.45, 2.75) is 25.7 Å². The van der Waals surface area contributed by atoms with Crippen LogP contribution in [0.3, 0.4) is 0 Å². The Morgan fingerprint density at radius 1 is 0.968 bits per heavy atom. The third kappa shape index (κ3) is 4.00. The van der Waals surface area contributed by atoms with Gasteiger partial charge < -0.3 is 9.64 Å². The first kappa shape index (κ1) is 21.3. The largest absolute Gasteiger partial charge is 0.495 e. The number of benzene rings is 1. The molecule has 1 aromatic carbocycles. The van der Waals surface area contributed by atoms with E-state index in [4.69, 9.17) is 4.74 Å². The summed E-state index contributed by atoms with van der Waals surface area (Å²) in [6.45, 7) is 7.61. The maximum absolute atomic E-state index is 13.1. The lowest BCUT2D eigenvalue weighted by Gasteiger charge is -2.35.